The zero-order valence-electron chi connectivity index (χ0n) is 8.85. The van der Waals surface area contributed by atoms with Gasteiger partial charge in [-0.1, -0.05) is 6.07 Å². The Bertz CT molecular complexity index is 421. The van der Waals surface area contributed by atoms with Crippen molar-refractivity contribution in [3.63, 3.8) is 0 Å². The predicted octanol–water partition coefficient (Wildman–Crippen LogP) is 2.94. The summed E-state index contributed by atoms with van der Waals surface area (Å²) in [5, 5.41) is 14.8. The molecule has 1 fully saturated rings. The van der Waals surface area contributed by atoms with Gasteiger partial charge in [-0.3, -0.25) is 15.5 Å². The summed E-state index contributed by atoms with van der Waals surface area (Å²) in [6.45, 7) is 0. The molecule has 0 heterocycles. The Morgan fingerprint density at radius 2 is 2.06 bits per heavy atom. The van der Waals surface area contributed by atoms with Gasteiger partial charge in [0.1, 0.15) is 0 Å². The first-order chi connectivity index (χ1) is 7.75. The summed E-state index contributed by atoms with van der Waals surface area (Å²) in [6.07, 6.45) is 4.44. The summed E-state index contributed by atoms with van der Waals surface area (Å²) in [6, 6.07) is 6.37. The molecule has 5 nitrogen and oxygen atoms in total. The number of hydrogen-bond acceptors (Lipinski definition) is 4. The van der Waals surface area contributed by atoms with Crippen molar-refractivity contribution in [2.24, 2.45) is 5.10 Å². The third-order valence-electron chi connectivity index (χ3n) is 2.58. The number of benzene rings is 1. The molecule has 1 aromatic carbocycles. The number of rotatable bonds is 3. The summed E-state index contributed by atoms with van der Waals surface area (Å²) in [5.74, 6) is 0. The van der Waals surface area contributed by atoms with Crippen molar-refractivity contribution in [2.45, 2.75) is 25.7 Å². The summed E-state index contributed by atoms with van der Waals surface area (Å²) >= 11 is 0. The molecule has 2 rings (SSSR count). The second-order valence-electron chi connectivity index (χ2n) is 3.80. The molecule has 0 aliphatic heterocycles. The molecule has 0 saturated heterocycles. The Hall–Kier alpha value is -1.91. The Labute approximate surface area is 93.3 Å². The fraction of sp³-hybridized carbons (Fsp3) is 0.364. The number of hydrazone groups is 1. The highest BCUT2D eigenvalue weighted by molar-refractivity contribution is 5.86. The first-order valence-electron chi connectivity index (χ1n) is 5.31. The van der Waals surface area contributed by atoms with Crippen molar-refractivity contribution in [3.8, 4) is 0 Å². The van der Waals surface area contributed by atoms with Gasteiger partial charge >= 0.3 is 0 Å². The van der Waals surface area contributed by atoms with Crippen molar-refractivity contribution in [2.75, 3.05) is 5.43 Å². The molecule has 5 heteroatoms. The van der Waals surface area contributed by atoms with Crippen LogP contribution >= 0.6 is 0 Å². The number of nitrogens with zero attached hydrogens (tertiary/aromatic N) is 2. The molecule has 1 N–H and O–H groups in total. The largest absolute Gasteiger partial charge is 0.278 e. The molecule has 1 aliphatic carbocycles. The first-order valence-corrected chi connectivity index (χ1v) is 5.31. The molecule has 84 valence electrons. The Balaban J connectivity index is 2.06. The average Bonchev–Trinajstić information content (AvgIpc) is 2.79. The van der Waals surface area contributed by atoms with Crippen molar-refractivity contribution >= 4 is 17.1 Å². The molecule has 0 radical (unpaired) electrons. The lowest BCUT2D eigenvalue weighted by atomic mass is 10.3. The van der Waals surface area contributed by atoms with E-state index in [9.17, 15) is 10.1 Å². The van der Waals surface area contributed by atoms with Crippen LogP contribution in [0.25, 0.3) is 0 Å². The molecule has 1 aromatic rings. The molecule has 0 bridgehead atoms. The van der Waals surface area contributed by atoms with Gasteiger partial charge in [0.05, 0.1) is 10.6 Å². The fourth-order valence-electron chi connectivity index (χ4n) is 1.73. The van der Waals surface area contributed by atoms with Gasteiger partial charge in [-0.25, -0.2) is 0 Å². The topological polar surface area (TPSA) is 67.5 Å². The van der Waals surface area contributed by atoms with Crippen LogP contribution in [-0.4, -0.2) is 10.6 Å². The van der Waals surface area contributed by atoms with Crippen LogP contribution in [-0.2, 0) is 0 Å². The van der Waals surface area contributed by atoms with E-state index in [2.05, 4.69) is 10.5 Å². The third-order valence-corrected chi connectivity index (χ3v) is 2.58. The Morgan fingerprint density at radius 3 is 2.75 bits per heavy atom. The van der Waals surface area contributed by atoms with Gasteiger partial charge in [-0.15, -0.1) is 0 Å². The lowest BCUT2D eigenvalue weighted by Crippen LogP contribution is -1.97. The maximum atomic E-state index is 10.6. The molecule has 0 spiro atoms. The standard InChI is InChI=1S/C11H13N3O2/c15-14(16)11-7-3-6-10(8-11)13-12-9-4-1-2-5-9/h3,6-8,13H,1-2,4-5H2. The van der Waals surface area contributed by atoms with E-state index < -0.39 is 4.92 Å². The highest BCUT2D eigenvalue weighted by Crippen LogP contribution is 2.18. The van der Waals surface area contributed by atoms with E-state index in [4.69, 9.17) is 0 Å². The van der Waals surface area contributed by atoms with Crippen molar-refractivity contribution in [1.82, 2.24) is 0 Å². The lowest BCUT2D eigenvalue weighted by Gasteiger charge is -2.01. The van der Waals surface area contributed by atoms with E-state index in [0.717, 1.165) is 18.6 Å². The van der Waals surface area contributed by atoms with Crippen molar-refractivity contribution < 1.29 is 4.92 Å². The lowest BCUT2D eigenvalue weighted by molar-refractivity contribution is -0.384. The van der Waals surface area contributed by atoms with E-state index in [-0.39, 0.29) is 5.69 Å². The van der Waals surface area contributed by atoms with Gasteiger partial charge in [-0.05, 0) is 31.7 Å². The molecule has 16 heavy (non-hydrogen) atoms. The summed E-state index contributed by atoms with van der Waals surface area (Å²) < 4.78 is 0. The van der Waals surface area contributed by atoms with Crippen molar-refractivity contribution in [3.05, 3.63) is 34.4 Å². The normalized spacial score (nSPS) is 14.9. The molecular formula is C11H13N3O2. The Morgan fingerprint density at radius 1 is 1.31 bits per heavy atom. The van der Waals surface area contributed by atoms with Crippen LogP contribution in [0.15, 0.2) is 29.4 Å². The number of nitro groups is 1. The van der Waals surface area contributed by atoms with Gasteiger partial charge < -0.3 is 0 Å². The highest BCUT2D eigenvalue weighted by atomic mass is 16.6. The number of non-ortho nitro benzene ring substituents is 1. The van der Waals surface area contributed by atoms with Crippen molar-refractivity contribution in [1.29, 1.82) is 0 Å². The fourth-order valence-corrected chi connectivity index (χ4v) is 1.73. The van der Waals surface area contributed by atoms with Crippen LogP contribution in [0.1, 0.15) is 25.7 Å². The summed E-state index contributed by atoms with van der Waals surface area (Å²) in [5.41, 5.74) is 4.75. The third kappa shape index (κ3) is 2.56. The van der Waals surface area contributed by atoms with E-state index in [1.54, 1.807) is 12.1 Å². The molecular weight excluding hydrogens is 206 g/mol. The maximum Gasteiger partial charge on any atom is 0.271 e. The highest BCUT2D eigenvalue weighted by Gasteiger charge is 2.08. The van der Waals surface area contributed by atoms with Gasteiger partial charge in [-0.2, -0.15) is 5.10 Å². The van der Waals surface area contributed by atoms with Crippen LogP contribution in [0.5, 0.6) is 0 Å². The maximum absolute atomic E-state index is 10.6. The minimum Gasteiger partial charge on any atom is -0.278 e. The molecule has 1 aliphatic rings. The van der Waals surface area contributed by atoms with Gasteiger partial charge in [0.2, 0.25) is 0 Å². The van der Waals surface area contributed by atoms with Gasteiger partial charge in [0.25, 0.3) is 5.69 Å². The van der Waals surface area contributed by atoms with Crippen LogP contribution in [0.3, 0.4) is 0 Å². The van der Waals surface area contributed by atoms with E-state index in [1.807, 2.05) is 0 Å². The zero-order chi connectivity index (χ0) is 11.4. The second kappa shape index (κ2) is 4.74. The van der Waals surface area contributed by atoms with Crippen LogP contribution in [0, 0.1) is 10.1 Å². The summed E-state index contributed by atoms with van der Waals surface area (Å²) in [7, 11) is 0. The van der Waals surface area contributed by atoms with Gasteiger partial charge in [0.15, 0.2) is 0 Å². The van der Waals surface area contributed by atoms with Crippen LogP contribution in [0.2, 0.25) is 0 Å². The Kier molecular flexibility index (Phi) is 3.14. The molecule has 0 amide bonds. The number of nitrogens with one attached hydrogen (secondary N) is 1. The van der Waals surface area contributed by atoms with E-state index >= 15 is 0 Å². The first kappa shape index (κ1) is 10.6. The number of hydrogen-bond donors (Lipinski definition) is 1. The molecule has 1 saturated carbocycles. The number of anilines is 1. The molecule has 0 atom stereocenters. The van der Waals surface area contributed by atoms with Gasteiger partial charge in [0, 0.05) is 17.8 Å². The predicted molar refractivity (Wildman–Crippen MR) is 62.6 cm³/mol. The van der Waals surface area contributed by atoms with Crippen LogP contribution < -0.4 is 5.43 Å². The minimum absolute atomic E-state index is 0.0802. The smallest absolute Gasteiger partial charge is 0.271 e. The molecule has 0 unspecified atom stereocenters. The second-order valence-corrected chi connectivity index (χ2v) is 3.80. The van der Waals surface area contributed by atoms with E-state index in [1.165, 1.54) is 25.0 Å². The van der Waals surface area contributed by atoms with E-state index in [0.29, 0.717) is 5.69 Å². The number of nitro benzene ring substituents is 1. The van der Waals surface area contributed by atoms with Crippen LogP contribution in [0.4, 0.5) is 11.4 Å². The summed E-state index contributed by atoms with van der Waals surface area (Å²) in [4.78, 5) is 10.1. The minimum atomic E-state index is -0.409. The quantitative estimate of drug-likeness (QED) is 0.627. The average molecular weight is 219 g/mol. The monoisotopic (exact) mass is 219 g/mol. The molecule has 0 aromatic heterocycles. The SMILES string of the molecule is O=[N+]([O-])c1cccc(NN=C2CCCC2)c1. The zero-order valence-corrected chi connectivity index (χ0v) is 8.85.